The molecule has 0 saturated carbocycles. The number of thioether (sulfide) groups is 1. The van der Waals surface area contributed by atoms with Crippen molar-refractivity contribution in [1.82, 2.24) is 5.32 Å². The lowest BCUT2D eigenvalue weighted by molar-refractivity contribution is 0.341. The minimum absolute atomic E-state index is 0.119. The van der Waals surface area contributed by atoms with E-state index in [2.05, 4.69) is 39.9 Å². The van der Waals surface area contributed by atoms with Crippen molar-refractivity contribution >= 4 is 16.9 Å². The largest absolute Gasteiger partial charge is 0.360 e. The summed E-state index contributed by atoms with van der Waals surface area (Å²) in [5.41, 5.74) is 0.375. The first-order valence-electron chi connectivity index (χ1n) is 5.98. The molecular weight excluding hydrogens is 204 g/mol. The van der Waals surface area contributed by atoms with E-state index < -0.39 is 0 Å². The quantitative estimate of drug-likeness (QED) is 0.797. The lowest BCUT2D eigenvalue weighted by Crippen LogP contribution is -2.45. The first-order valence-corrected chi connectivity index (χ1v) is 6.96. The Labute approximate surface area is 98.3 Å². The van der Waals surface area contributed by atoms with E-state index in [4.69, 9.17) is 4.99 Å². The topological polar surface area (TPSA) is 24.4 Å². The van der Waals surface area contributed by atoms with E-state index in [9.17, 15) is 0 Å². The number of rotatable bonds is 4. The second-order valence-corrected chi connectivity index (χ2v) is 5.95. The fourth-order valence-electron chi connectivity index (χ4n) is 1.89. The Balaban J connectivity index is 2.68. The monoisotopic (exact) mass is 228 g/mol. The number of nitrogens with zero attached hydrogens (tertiary/aromatic N) is 1. The van der Waals surface area contributed by atoms with Gasteiger partial charge in [-0.15, -0.1) is 0 Å². The first-order chi connectivity index (χ1) is 6.97. The molecule has 1 aliphatic rings. The summed E-state index contributed by atoms with van der Waals surface area (Å²) < 4.78 is 0. The second-order valence-electron chi connectivity index (χ2n) is 4.98. The number of hydrogen-bond acceptors (Lipinski definition) is 3. The van der Waals surface area contributed by atoms with E-state index >= 15 is 0 Å². The van der Waals surface area contributed by atoms with Crippen LogP contribution in [0.15, 0.2) is 4.99 Å². The maximum atomic E-state index is 4.72. The molecule has 0 unspecified atom stereocenters. The van der Waals surface area contributed by atoms with E-state index in [0.29, 0.717) is 0 Å². The number of aliphatic imine (C=N–C) groups is 1. The molecule has 0 amide bonds. The molecule has 0 bridgehead atoms. The van der Waals surface area contributed by atoms with Crippen LogP contribution >= 0.6 is 11.8 Å². The maximum Gasteiger partial charge on any atom is 0.157 e. The average molecular weight is 228 g/mol. The van der Waals surface area contributed by atoms with Crippen molar-refractivity contribution in [1.29, 1.82) is 0 Å². The zero-order chi connectivity index (χ0) is 11.5. The molecule has 0 radical (unpaired) electrons. The molecule has 0 aromatic rings. The molecular formula is C12H24N2S. The standard InChI is InChI=1S/C12H24N2S/c1-6-12(7-2,8-3)14-10-13-11(4,5)9-15-10/h6-9H2,1-5H3,(H,13,14). The van der Waals surface area contributed by atoms with Crippen LogP contribution in [-0.2, 0) is 0 Å². The van der Waals surface area contributed by atoms with Crippen LogP contribution in [0.5, 0.6) is 0 Å². The molecule has 1 N–H and O–H groups in total. The van der Waals surface area contributed by atoms with Crippen molar-refractivity contribution in [3.05, 3.63) is 0 Å². The fourth-order valence-corrected chi connectivity index (χ4v) is 3.05. The van der Waals surface area contributed by atoms with Crippen molar-refractivity contribution < 1.29 is 0 Å². The summed E-state index contributed by atoms with van der Waals surface area (Å²) in [6.45, 7) is 11.2. The van der Waals surface area contributed by atoms with Gasteiger partial charge in [0.1, 0.15) is 0 Å². The highest BCUT2D eigenvalue weighted by atomic mass is 32.2. The third-order valence-corrected chi connectivity index (χ3v) is 4.69. The van der Waals surface area contributed by atoms with Gasteiger partial charge in [-0.2, -0.15) is 0 Å². The average Bonchev–Trinajstić information content (AvgIpc) is 2.55. The molecule has 3 heteroatoms. The van der Waals surface area contributed by atoms with Gasteiger partial charge in [0.2, 0.25) is 0 Å². The van der Waals surface area contributed by atoms with Gasteiger partial charge in [-0.3, -0.25) is 4.99 Å². The van der Waals surface area contributed by atoms with Gasteiger partial charge < -0.3 is 5.32 Å². The molecule has 0 spiro atoms. The summed E-state index contributed by atoms with van der Waals surface area (Å²) >= 11 is 1.86. The Morgan fingerprint density at radius 2 is 1.80 bits per heavy atom. The summed E-state index contributed by atoms with van der Waals surface area (Å²) in [7, 11) is 0. The van der Waals surface area contributed by atoms with Crippen molar-refractivity contribution in [2.75, 3.05) is 5.75 Å². The van der Waals surface area contributed by atoms with E-state index in [-0.39, 0.29) is 11.1 Å². The zero-order valence-electron chi connectivity index (χ0n) is 10.7. The predicted octanol–water partition coefficient (Wildman–Crippen LogP) is 3.43. The predicted molar refractivity (Wildman–Crippen MR) is 70.7 cm³/mol. The smallest absolute Gasteiger partial charge is 0.157 e. The van der Waals surface area contributed by atoms with Crippen LogP contribution < -0.4 is 5.32 Å². The van der Waals surface area contributed by atoms with Gasteiger partial charge in [0, 0.05) is 11.3 Å². The first kappa shape index (κ1) is 12.9. The molecule has 1 heterocycles. The van der Waals surface area contributed by atoms with Crippen LogP contribution in [0.3, 0.4) is 0 Å². The Bertz CT molecular complexity index is 234. The maximum absolute atomic E-state index is 4.72. The Kier molecular flexibility index (Phi) is 4.10. The molecule has 0 fully saturated rings. The summed E-state index contributed by atoms with van der Waals surface area (Å²) in [5.74, 6) is 1.10. The molecule has 0 saturated heterocycles. The lowest BCUT2D eigenvalue weighted by atomic mass is 9.90. The van der Waals surface area contributed by atoms with Crippen molar-refractivity contribution in [2.24, 2.45) is 4.99 Å². The van der Waals surface area contributed by atoms with Crippen LogP contribution in [0.1, 0.15) is 53.9 Å². The van der Waals surface area contributed by atoms with Gasteiger partial charge in [-0.05, 0) is 33.1 Å². The summed E-state index contributed by atoms with van der Waals surface area (Å²) in [6.07, 6.45) is 3.50. The molecule has 2 nitrogen and oxygen atoms in total. The van der Waals surface area contributed by atoms with Gasteiger partial charge in [-0.1, -0.05) is 32.5 Å². The zero-order valence-corrected chi connectivity index (χ0v) is 11.5. The highest BCUT2D eigenvalue weighted by molar-refractivity contribution is 8.14. The molecule has 88 valence electrons. The van der Waals surface area contributed by atoms with Crippen LogP contribution in [-0.4, -0.2) is 22.0 Å². The Morgan fingerprint density at radius 1 is 1.27 bits per heavy atom. The number of amidine groups is 1. The Hall–Kier alpha value is -0.180. The lowest BCUT2D eigenvalue weighted by Gasteiger charge is -2.32. The molecule has 0 aromatic carbocycles. The van der Waals surface area contributed by atoms with Crippen molar-refractivity contribution in [2.45, 2.75) is 65.0 Å². The van der Waals surface area contributed by atoms with Gasteiger partial charge >= 0.3 is 0 Å². The molecule has 15 heavy (non-hydrogen) atoms. The summed E-state index contributed by atoms with van der Waals surface area (Å²) in [6, 6.07) is 0. The molecule has 0 atom stereocenters. The van der Waals surface area contributed by atoms with E-state index in [1.807, 2.05) is 11.8 Å². The molecule has 0 aromatic heterocycles. The highest BCUT2D eigenvalue weighted by Gasteiger charge is 2.30. The normalized spacial score (nSPS) is 20.2. The van der Waals surface area contributed by atoms with Crippen LogP contribution in [0, 0.1) is 0 Å². The fraction of sp³-hybridized carbons (Fsp3) is 0.917. The van der Waals surface area contributed by atoms with Gasteiger partial charge in [0.25, 0.3) is 0 Å². The van der Waals surface area contributed by atoms with E-state index in [0.717, 1.165) is 10.9 Å². The van der Waals surface area contributed by atoms with Gasteiger partial charge in [0.15, 0.2) is 5.17 Å². The van der Waals surface area contributed by atoms with Crippen LogP contribution in [0.2, 0.25) is 0 Å². The van der Waals surface area contributed by atoms with Crippen molar-refractivity contribution in [3.63, 3.8) is 0 Å². The van der Waals surface area contributed by atoms with E-state index in [1.165, 1.54) is 19.3 Å². The van der Waals surface area contributed by atoms with Gasteiger partial charge in [-0.25, -0.2) is 0 Å². The SMILES string of the molecule is CCC(CC)(CC)NC1=NC(C)(C)CS1. The minimum Gasteiger partial charge on any atom is -0.360 e. The van der Waals surface area contributed by atoms with E-state index in [1.54, 1.807) is 0 Å². The van der Waals surface area contributed by atoms with Crippen LogP contribution in [0.4, 0.5) is 0 Å². The third kappa shape index (κ3) is 3.13. The molecule has 0 aliphatic carbocycles. The second kappa shape index (κ2) is 4.77. The molecule has 1 rings (SSSR count). The number of nitrogens with one attached hydrogen (secondary N) is 1. The number of hydrogen-bond donors (Lipinski definition) is 1. The highest BCUT2D eigenvalue weighted by Crippen LogP contribution is 2.29. The third-order valence-electron chi connectivity index (χ3n) is 3.37. The van der Waals surface area contributed by atoms with Crippen molar-refractivity contribution in [3.8, 4) is 0 Å². The Morgan fingerprint density at radius 3 is 2.13 bits per heavy atom. The summed E-state index contributed by atoms with van der Waals surface area (Å²) in [4.78, 5) is 4.72. The van der Waals surface area contributed by atoms with Gasteiger partial charge in [0.05, 0.1) is 5.54 Å². The minimum atomic E-state index is 0.119. The summed E-state index contributed by atoms with van der Waals surface area (Å²) in [5, 5.41) is 4.79. The van der Waals surface area contributed by atoms with Crippen LogP contribution in [0.25, 0.3) is 0 Å². The molecule has 1 aliphatic heterocycles.